The van der Waals surface area contributed by atoms with Crippen LogP contribution >= 0.6 is 22.9 Å². The van der Waals surface area contributed by atoms with Crippen molar-refractivity contribution < 1.29 is 4.79 Å². The Bertz CT molecular complexity index is 829. The maximum absolute atomic E-state index is 12.0. The fraction of sp³-hybridized carbons (Fsp3) is 0.176. The van der Waals surface area contributed by atoms with Crippen LogP contribution in [-0.2, 0) is 11.3 Å². The minimum atomic E-state index is -0.0216. The second kappa shape index (κ2) is 6.07. The third kappa shape index (κ3) is 2.98. The number of aromatic nitrogens is 1. The summed E-state index contributed by atoms with van der Waals surface area (Å²) in [5, 5.41) is 1.40. The van der Waals surface area contributed by atoms with Gasteiger partial charge in [-0.05, 0) is 30.2 Å². The largest absolute Gasteiger partial charge is 0.284 e. The Kier molecular flexibility index (Phi) is 4.14. The van der Waals surface area contributed by atoms with Crippen molar-refractivity contribution in [1.82, 2.24) is 4.98 Å². The maximum Gasteiger partial charge on any atom is 0.225 e. The molecule has 3 rings (SSSR count). The van der Waals surface area contributed by atoms with Crippen molar-refractivity contribution in [2.45, 2.75) is 20.4 Å². The third-order valence-corrected chi connectivity index (χ3v) is 4.68. The Hall–Kier alpha value is -1.91. The summed E-state index contributed by atoms with van der Waals surface area (Å²) in [6.07, 6.45) is 0. The highest BCUT2D eigenvalue weighted by atomic mass is 35.5. The lowest BCUT2D eigenvalue weighted by molar-refractivity contribution is -0.116. The van der Waals surface area contributed by atoms with Crippen LogP contribution in [0.3, 0.4) is 0 Å². The number of hydrogen-bond donors (Lipinski definition) is 0. The zero-order valence-electron chi connectivity index (χ0n) is 12.3. The van der Waals surface area contributed by atoms with Gasteiger partial charge in [0.15, 0.2) is 5.13 Å². The van der Waals surface area contributed by atoms with Crippen LogP contribution in [0.15, 0.2) is 42.5 Å². The van der Waals surface area contributed by atoms with Crippen molar-refractivity contribution in [2.75, 3.05) is 4.90 Å². The zero-order valence-corrected chi connectivity index (χ0v) is 13.9. The van der Waals surface area contributed by atoms with E-state index in [9.17, 15) is 4.79 Å². The predicted molar refractivity (Wildman–Crippen MR) is 92.7 cm³/mol. The Morgan fingerprint density at radius 1 is 1.27 bits per heavy atom. The number of amides is 1. The summed E-state index contributed by atoms with van der Waals surface area (Å²) >= 11 is 7.59. The number of aryl methyl sites for hydroxylation is 1. The Labute approximate surface area is 138 Å². The molecule has 0 bridgehead atoms. The van der Waals surface area contributed by atoms with E-state index < -0.39 is 0 Å². The van der Waals surface area contributed by atoms with Crippen LogP contribution in [0.25, 0.3) is 10.2 Å². The van der Waals surface area contributed by atoms with Crippen LogP contribution < -0.4 is 4.90 Å². The quantitative estimate of drug-likeness (QED) is 0.690. The van der Waals surface area contributed by atoms with Crippen molar-refractivity contribution in [1.29, 1.82) is 0 Å². The number of hydrogen-bond acceptors (Lipinski definition) is 3. The molecule has 0 saturated carbocycles. The van der Waals surface area contributed by atoms with E-state index in [4.69, 9.17) is 11.6 Å². The van der Waals surface area contributed by atoms with Gasteiger partial charge in [-0.15, -0.1) is 0 Å². The molecule has 3 aromatic rings. The highest BCUT2D eigenvalue weighted by Gasteiger charge is 2.17. The first-order valence-corrected chi connectivity index (χ1v) is 8.13. The monoisotopic (exact) mass is 330 g/mol. The average molecular weight is 331 g/mol. The molecule has 1 amide bonds. The molecule has 0 fully saturated rings. The van der Waals surface area contributed by atoms with E-state index in [1.807, 2.05) is 49.4 Å². The summed E-state index contributed by atoms with van der Waals surface area (Å²) in [7, 11) is 0. The number of thiazole rings is 1. The van der Waals surface area contributed by atoms with E-state index in [1.165, 1.54) is 11.3 Å². The second-order valence-corrected chi connectivity index (χ2v) is 6.60. The number of carbonyl (C=O) groups is 1. The van der Waals surface area contributed by atoms with Gasteiger partial charge in [0.05, 0.1) is 16.8 Å². The molecular formula is C17H15ClN2OS. The van der Waals surface area contributed by atoms with Crippen molar-refractivity contribution in [3.8, 4) is 0 Å². The number of nitrogens with zero attached hydrogens (tertiary/aromatic N) is 2. The number of halogens is 1. The summed E-state index contributed by atoms with van der Waals surface area (Å²) in [6, 6.07) is 13.7. The van der Waals surface area contributed by atoms with Gasteiger partial charge in [0.2, 0.25) is 5.91 Å². The van der Waals surface area contributed by atoms with Crippen LogP contribution in [0.2, 0.25) is 5.02 Å². The van der Waals surface area contributed by atoms with E-state index in [-0.39, 0.29) is 5.91 Å². The lowest BCUT2D eigenvalue weighted by Crippen LogP contribution is -2.27. The van der Waals surface area contributed by atoms with Gasteiger partial charge in [0.1, 0.15) is 0 Å². The number of benzene rings is 2. The van der Waals surface area contributed by atoms with Crippen LogP contribution in [0.5, 0.6) is 0 Å². The van der Waals surface area contributed by atoms with Crippen molar-refractivity contribution in [2.24, 2.45) is 0 Å². The van der Waals surface area contributed by atoms with Gasteiger partial charge in [-0.25, -0.2) is 4.98 Å². The molecule has 0 radical (unpaired) electrons. The first-order valence-electron chi connectivity index (χ1n) is 6.93. The average Bonchev–Trinajstić information content (AvgIpc) is 2.89. The van der Waals surface area contributed by atoms with E-state index in [0.717, 1.165) is 21.3 Å². The third-order valence-electron chi connectivity index (χ3n) is 3.43. The number of carbonyl (C=O) groups excluding carboxylic acids is 1. The molecule has 3 nitrogen and oxygen atoms in total. The van der Waals surface area contributed by atoms with Crippen LogP contribution in [0.4, 0.5) is 5.13 Å². The molecule has 0 aliphatic heterocycles. The minimum absolute atomic E-state index is 0.0216. The summed E-state index contributed by atoms with van der Waals surface area (Å²) in [5.41, 5.74) is 3.00. The topological polar surface area (TPSA) is 33.2 Å². The second-order valence-electron chi connectivity index (χ2n) is 5.16. The van der Waals surface area contributed by atoms with E-state index in [2.05, 4.69) is 4.98 Å². The number of fused-ring (bicyclic) bond motifs is 1. The van der Waals surface area contributed by atoms with E-state index >= 15 is 0 Å². The fourth-order valence-electron chi connectivity index (χ4n) is 2.34. The van der Waals surface area contributed by atoms with Gasteiger partial charge in [0.25, 0.3) is 0 Å². The van der Waals surface area contributed by atoms with Gasteiger partial charge < -0.3 is 0 Å². The molecule has 2 aromatic carbocycles. The Morgan fingerprint density at radius 3 is 2.68 bits per heavy atom. The summed E-state index contributed by atoms with van der Waals surface area (Å²) in [5.74, 6) is -0.0216. The lowest BCUT2D eigenvalue weighted by atomic mass is 10.2. The highest BCUT2D eigenvalue weighted by Crippen LogP contribution is 2.33. The van der Waals surface area contributed by atoms with Crippen LogP contribution in [-0.4, -0.2) is 10.9 Å². The highest BCUT2D eigenvalue weighted by molar-refractivity contribution is 7.22. The zero-order chi connectivity index (χ0) is 15.7. The van der Waals surface area contributed by atoms with Crippen LogP contribution in [0.1, 0.15) is 18.1 Å². The molecule has 1 aromatic heterocycles. The molecule has 0 saturated heterocycles. The molecule has 0 unspecified atom stereocenters. The molecule has 0 spiro atoms. The molecule has 5 heteroatoms. The van der Waals surface area contributed by atoms with Gasteiger partial charge in [-0.3, -0.25) is 9.69 Å². The van der Waals surface area contributed by atoms with Gasteiger partial charge in [-0.1, -0.05) is 53.3 Å². The molecule has 0 aliphatic rings. The molecule has 1 heterocycles. The van der Waals surface area contributed by atoms with Gasteiger partial charge in [0, 0.05) is 11.9 Å². The fourth-order valence-corrected chi connectivity index (χ4v) is 3.80. The summed E-state index contributed by atoms with van der Waals surface area (Å²) in [6.45, 7) is 4.06. The van der Waals surface area contributed by atoms with Crippen molar-refractivity contribution in [3.05, 3.63) is 58.6 Å². The normalized spacial score (nSPS) is 10.9. The molecule has 0 aliphatic carbocycles. The van der Waals surface area contributed by atoms with E-state index in [1.54, 1.807) is 11.8 Å². The van der Waals surface area contributed by atoms with Gasteiger partial charge in [-0.2, -0.15) is 0 Å². The standard InChI is InChI=1S/C17H15ClN2OS/c1-11-8-14(18)9-15-16(11)19-17(22-15)20(12(2)21)10-13-6-4-3-5-7-13/h3-9H,10H2,1-2H3. The minimum Gasteiger partial charge on any atom is -0.284 e. The smallest absolute Gasteiger partial charge is 0.225 e. The lowest BCUT2D eigenvalue weighted by Gasteiger charge is -2.17. The number of rotatable bonds is 3. The SMILES string of the molecule is CC(=O)N(Cc1ccccc1)c1nc2c(C)cc(Cl)cc2s1. The Morgan fingerprint density at radius 2 is 2.00 bits per heavy atom. The van der Waals surface area contributed by atoms with Gasteiger partial charge >= 0.3 is 0 Å². The molecule has 0 atom stereocenters. The summed E-state index contributed by atoms with van der Waals surface area (Å²) < 4.78 is 0.999. The molecular weight excluding hydrogens is 316 g/mol. The Balaban J connectivity index is 2.02. The van der Waals surface area contributed by atoms with E-state index in [0.29, 0.717) is 16.7 Å². The maximum atomic E-state index is 12.0. The molecule has 22 heavy (non-hydrogen) atoms. The van der Waals surface area contributed by atoms with Crippen LogP contribution in [0, 0.1) is 6.92 Å². The molecule has 112 valence electrons. The number of anilines is 1. The molecule has 0 N–H and O–H groups in total. The first kappa shape index (κ1) is 15.0. The summed E-state index contributed by atoms with van der Waals surface area (Å²) in [4.78, 5) is 18.4. The van der Waals surface area contributed by atoms with Crippen molar-refractivity contribution >= 4 is 44.2 Å². The predicted octanol–water partition coefficient (Wildman–Crippen LogP) is 4.81. The van der Waals surface area contributed by atoms with Crippen molar-refractivity contribution in [3.63, 3.8) is 0 Å². The first-order chi connectivity index (χ1) is 10.5.